The Morgan fingerprint density at radius 3 is 2.72 bits per heavy atom. The summed E-state index contributed by atoms with van der Waals surface area (Å²) < 4.78 is 1.81. The first kappa shape index (κ1) is 12.6. The smallest absolute Gasteiger partial charge is 0.0781 e. The van der Waals surface area contributed by atoms with Gasteiger partial charge in [0, 0.05) is 36.6 Å². The van der Waals surface area contributed by atoms with Crippen molar-refractivity contribution in [2.75, 3.05) is 5.32 Å². The molecule has 0 aliphatic heterocycles. The van der Waals surface area contributed by atoms with Crippen LogP contribution in [0.1, 0.15) is 29.8 Å². The van der Waals surface area contributed by atoms with Crippen LogP contribution in [0.15, 0.2) is 30.5 Å². The fourth-order valence-corrected chi connectivity index (χ4v) is 2.03. The third-order valence-corrected chi connectivity index (χ3v) is 3.00. The minimum Gasteiger partial charge on any atom is -0.389 e. The summed E-state index contributed by atoms with van der Waals surface area (Å²) in [6.45, 7) is 4.48. The van der Waals surface area contributed by atoms with E-state index in [9.17, 15) is 5.11 Å². The van der Waals surface area contributed by atoms with E-state index in [2.05, 4.69) is 10.4 Å². The first-order chi connectivity index (χ1) is 8.58. The molecule has 0 bridgehead atoms. The summed E-state index contributed by atoms with van der Waals surface area (Å²) in [7, 11) is 1.92. The molecule has 0 amide bonds. The fourth-order valence-electron chi connectivity index (χ4n) is 2.03. The van der Waals surface area contributed by atoms with Gasteiger partial charge in [-0.15, -0.1) is 0 Å². The molecule has 0 radical (unpaired) electrons. The van der Waals surface area contributed by atoms with Gasteiger partial charge in [-0.2, -0.15) is 5.10 Å². The van der Waals surface area contributed by atoms with Crippen LogP contribution < -0.4 is 5.32 Å². The number of benzene rings is 1. The van der Waals surface area contributed by atoms with Gasteiger partial charge in [0.25, 0.3) is 0 Å². The number of aryl methyl sites for hydroxylation is 2. The molecule has 2 rings (SSSR count). The molecule has 4 heteroatoms. The lowest BCUT2D eigenvalue weighted by atomic mass is 10.1. The predicted octanol–water partition coefficient (Wildman–Crippen LogP) is 2.39. The number of para-hydroxylation sites is 1. The van der Waals surface area contributed by atoms with Crippen LogP contribution in [-0.4, -0.2) is 14.9 Å². The summed E-state index contributed by atoms with van der Waals surface area (Å²) in [5.41, 5.74) is 4.08. The van der Waals surface area contributed by atoms with E-state index >= 15 is 0 Å². The summed E-state index contributed by atoms with van der Waals surface area (Å²) in [5.74, 6) is 0. The number of nitrogens with one attached hydrogen (secondary N) is 1. The average Bonchev–Trinajstić information content (AvgIpc) is 2.65. The predicted molar refractivity (Wildman–Crippen MR) is 72.3 cm³/mol. The van der Waals surface area contributed by atoms with Crippen LogP contribution in [0.5, 0.6) is 0 Å². The van der Waals surface area contributed by atoms with Crippen LogP contribution >= 0.6 is 0 Å². The molecule has 4 nitrogen and oxygen atoms in total. The molecular weight excluding hydrogens is 226 g/mol. The van der Waals surface area contributed by atoms with Crippen molar-refractivity contribution < 1.29 is 5.11 Å². The quantitative estimate of drug-likeness (QED) is 0.869. The number of hydrogen-bond acceptors (Lipinski definition) is 3. The van der Waals surface area contributed by atoms with Gasteiger partial charge in [0.1, 0.15) is 0 Å². The molecule has 1 aromatic heterocycles. The Balaban J connectivity index is 2.13. The normalized spacial score (nSPS) is 12.4. The number of aliphatic hydroxyl groups is 1. The van der Waals surface area contributed by atoms with Crippen molar-refractivity contribution >= 4 is 5.69 Å². The molecule has 0 spiro atoms. The molecule has 1 aromatic carbocycles. The molecule has 0 fully saturated rings. The SMILES string of the molecule is Cc1nn(C)cc1CNc1ccccc1C(C)O. The molecule has 0 aliphatic carbocycles. The topological polar surface area (TPSA) is 50.1 Å². The van der Waals surface area contributed by atoms with E-state index in [0.29, 0.717) is 6.54 Å². The highest BCUT2D eigenvalue weighted by atomic mass is 16.3. The second kappa shape index (κ2) is 5.23. The van der Waals surface area contributed by atoms with Crippen molar-refractivity contribution in [3.63, 3.8) is 0 Å². The molecule has 18 heavy (non-hydrogen) atoms. The van der Waals surface area contributed by atoms with Gasteiger partial charge < -0.3 is 10.4 Å². The van der Waals surface area contributed by atoms with Gasteiger partial charge in [-0.25, -0.2) is 0 Å². The van der Waals surface area contributed by atoms with Crippen LogP contribution in [0.3, 0.4) is 0 Å². The number of hydrogen-bond donors (Lipinski definition) is 2. The summed E-state index contributed by atoms with van der Waals surface area (Å²) in [5, 5.41) is 17.4. The van der Waals surface area contributed by atoms with E-state index < -0.39 is 6.10 Å². The molecule has 2 N–H and O–H groups in total. The molecule has 0 saturated carbocycles. The lowest BCUT2D eigenvalue weighted by molar-refractivity contribution is 0.200. The molecule has 1 heterocycles. The second-order valence-corrected chi connectivity index (χ2v) is 4.53. The van der Waals surface area contributed by atoms with Crippen molar-refractivity contribution in [2.24, 2.45) is 7.05 Å². The maximum Gasteiger partial charge on any atom is 0.0781 e. The van der Waals surface area contributed by atoms with Crippen molar-refractivity contribution in [2.45, 2.75) is 26.5 Å². The summed E-state index contributed by atoms with van der Waals surface area (Å²) in [6.07, 6.45) is 1.54. The Bertz CT molecular complexity index is 532. The highest BCUT2D eigenvalue weighted by Crippen LogP contribution is 2.22. The van der Waals surface area contributed by atoms with E-state index in [1.807, 2.05) is 49.1 Å². The zero-order valence-corrected chi connectivity index (χ0v) is 11.0. The summed E-state index contributed by atoms with van der Waals surface area (Å²) >= 11 is 0. The molecule has 0 saturated heterocycles. The number of rotatable bonds is 4. The second-order valence-electron chi connectivity index (χ2n) is 4.53. The van der Waals surface area contributed by atoms with Gasteiger partial charge in [-0.1, -0.05) is 18.2 Å². The Labute approximate surface area is 107 Å². The van der Waals surface area contributed by atoms with Crippen molar-refractivity contribution in [1.29, 1.82) is 0 Å². The van der Waals surface area contributed by atoms with E-state index in [1.54, 1.807) is 6.92 Å². The van der Waals surface area contributed by atoms with Crippen molar-refractivity contribution in [1.82, 2.24) is 9.78 Å². The number of aliphatic hydroxyl groups excluding tert-OH is 1. The Hall–Kier alpha value is -1.81. The van der Waals surface area contributed by atoms with E-state index in [1.165, 1.54) is 0 Å². The van der Waals surface area contributed by atoms with Crippen LogP contribution in [-0.2, 0) is 13.6 Å². The zero-order chi connectivity index (χ0) is 13.1. The van der Waals surface area contributed by atoms with Crippen molar-refractivity contribution in [3.05, 3.63) is 47.3 Å². The Kier molecular flexibility index (Phi) is 3.67. The van der Waals surface area contributed by atoms with Gasteiger partial charge in [-0.05, 0) is 19.9 Å². The van der Waals surface area contributed by atoms with Gasteiger partial charge >= 0.3 is 0 Å². The molecule has 0 aliphatic rings. The largest absolute Gasteiger partial charge is 0.389 e. The lowest BCUT2D eigenvalue weighted by Gasteiger charge is -2.13. The van der Waals surface area contributed by atoms with E-state index in [-0.39, 0.29) is 0 Å². The minimum absolute atomic E-state index is 0.469. The highest BCUT2D eigenvalue weighted by Gasteiger charge is 2.08. The van der Waals surface area contributed by atoms with Crippen LogP contribution in [0.4, 0.5) is 5.69 Å². The third kappa shape index (κ3) is 2.71. The van der Waals surface area contributed by atoms with Crippen LogP contribution in [0.25, 0.3) is 0 Å². The fraction of sp³-hybridized carbons (Fsp3) is 0.357. The number of aromatic nitrogens is 2. The van der Waals surface area contributed by atoms with Crippen LogP contribution in [0, 0.1) is 6.92 Å². The van der Waals surface area contributed by atoms with Gasteiger partial charge in [0.15, 0.2) is 0 Å². The summed E-state index contributed by atoms with van der Waals surface area (Å²) in [4.78, 5) is 0. The highest BCUT2D eigenvalue weighted by molar-refractivity contribution is 5.52. The lowest BCUT2D eigenvalue weighted by Crippen LogP contribution is -2.04. The standard InChI is InChI=1S/C14H19N3O/c1-10-12(9-17(3)16-10)8-15-14-7-5-4-6-13(14)11(2)18/h4-7,9,11,15,18H,8H2,1-3H3. The number of nitrogens with zero attached hydrogens (tertiary/aromatic N) is 2. The minimum atomic E-state index is -0.469. The third-order valence-electron chi connectivity index (χ3n) is 3.00. The Morgan fingerprint density at radius 1 is 1.39 bits per heavy atom. The van der Waals surface area contributed by atoms with Crippen molar-refractivity contribution in [3.8, 4) is 0 Å². The first-order valence-corrected chi connectivity index (χ1v) is 6.08. The van der Waals surface area contributed by atoms with E-state index in [0.717, 1.165) is 22.5 Å². The maximum absolute atomic E-state index is 9.70. The van der Waals surface area contributed by atoms with Gasteiger partial charge in [0.05, 0.1) is 11.8 Å². The molecule has 1 unspecified atom stereocenters. The molecule has 96 valence electrons. The molecule has 1 atom stereocenters. The first-order valence-electron chi connectivity index (χ1n) is 6.08. The van der Waals surface area contributed by atoms with E-state index in [4.69, 9.17) is 0 Å². The summed E-state index contributed by atoms with van der Waals surface area (Å²) in [6, 6.07) is 7.81. The monoisotopic (exact) mass is 245 g/mol. The van der Waals surface area contributed by atoms with Crippen LogP contribution in [0.2, 0.25) is 0 Å². The van der Waals surface area contributed by atoms with Gasteiger partial charge in [-0.3, -0.25) is 4.68 Å². The molecular formula is C14H19N3O. The van der Waals surface area contributed by atoms with Gasteiger partial charge in [0.2, 0.25) is 0 Å². The average molecular weight is 245 g/mol. The maximum atomic E-state index is 9.70. The zero-order valence-electron chi connectivity index (χ0n) is 11.0. The number of anilines is 1. The molecule has 2 aromatic rings. The Morgan fingerprint density at radius 2 is 2.11 bits per heavy atom.